The minimum absolute atomic E-state index is 1.09. The number of fused-ring (bicyclic) bond motifs is 7. The number of anilines is 3. The Hall–Kier alpha value is -8.26. The molecule has 0 saturated heterocycles. The van der Waals surface area contributed by atoms with Crippen LogP contribution in [0.5, 0.6) is 0 Å². The molecule has 63 heavy (non-hydrogen) atoms. The smallest absolute Gasteiger partial charge is 0.0468 e. The van der Waals surface area contributed by atoms with Crippen molar-refractivity contribution in [3.05, 3.63) is 249 Å². The van der Waals surface area contributed by atoms with Gasteiger partial charge in [-0.3, -0.25) is 0 Å². The van der Waals surface area contributed by atoms with Crippen LogP contribution in [0.15, 0.2) is 249 Å². The molecule has 12 aromatic carbocycles. The molecule has 0 aromatic heterocycles. The van der Waals surface area contributed by atoms with Crippen LogP contribution in [0.25, 0.3) is 98.4 Å². The van der Waals surface area contributed by atoms with Crippen molar-refractivity contribution in [3.63, 3.8) is 0 Å². The average molecular weight is 800 g/mol. The third-order valence-electron chi connectivity index (χ3n) is 12.8. The zero-order valence-corrected chi connectivity index (χ0v) is 34.6. The van der Waals surface area contributed by atoms with Gasteiger partial charge in [0.1, 0.15) is 0 Å². The van der Waals surface area contributed by atoms with E-state index in [1.807, 2.05) is 0 Å². The lowest BCUT2D eigenvalue weighted by Crippen LogP contribution is -2.10. The third-order valence-corrected chi connectivity index (χ3v) is 12.8. The zero-order valence-electron chi connectivity index (χ0n) is 34.6. The molecular formula is C62H41N. The van der Waals surface area contributed by atoms with Gasteiger partial charge in [-0.15, -0.1) is 0 Å². The van der Waals surface area contributed by atoms with Crippen LogP contribution in [0.1, 0.15) is 0 Å². The fourth-order valence-electron chi connectivity index (χ4n) is 10.0. The molecular weight excluding hydrogens is 759 g/mol. The fourth-order valence-corrected chi connectivity index (χ4v) is 10.0. The average Bonchev–Trinajstić information content (AvgIpc) is 3.36. The van der Waals surface area contributed by atoms with E-state index in [9.17, 15) is 0 Å². The Kier molecular flexibility index (Phi) is 8.90. The predicted molar refractivity (Wildman–Crippen MR) is 270 cm³/mol. The highest BCUT2D eigenvalue weighted by Gasteiger charge is 2.21. The Balaban J connectivity index is 1.04. The van der Waals surface area contributed by atoms with Crippen molar-refractivity contribution in [2.75, 3.05) is 4.90 Å². The molecule has 0 radical (unpaired) electrons. The molecule has 0 fully saturated rings. The van der Waals surface area contributed by atoms with E-state index < -0.39 is 0 Å². The Morgan fingerprint density at radius 3 is 0.857 bits per heavy atom. The predicted octanol–water partition coefficient (Wildman–Crippen LogP) is 17.6. The summed E-state index contributed by atoms with van der Waals surface area (Å²) in [6.07, 6.45) is 0. The van der Waals surface area contributed by atoms with Crippen LogP contribution in [0.4, 0.5) is 17.1 Å². The van der Waals surface area contributed by atoms with Gasteiger partial charge >= 0.3 is 0 Å². The first-order chi connectivity index (χ1) is 31.3. The lowest BCUT2D eigenvalue weighted by molar-refractivity contribution is 1.29. The number of hydrogen-bond acceptors (Lipinski definition) is 1. The maximum Gasteiger partial charge on any atom is 0.0468 e. The molecule has 0 N–H and O–H groups in total. The van der Waals surface area contributed by atoms with Crippen molar-refractivity contribution in [2.45, 2.75) is 0 Å². The van der Waals surface area contributed by atoms with Gasteiger partial charge in [0, 0.05) is 17.1 Å². The van der Waals surface area contributed by atoms with E-state index in [1.54, 1.807) is 0 Å². The summed E-state index contributed by atoms with van der Waals surface area (Å²) < 4.78 is 0. The maximum absolute atomic E-state index is 2.40. The first kappa shape index (κ1) is 36.6. The minimum Gasteiger partial charge on any atom is -0.310 e. The normalized spacial score (nSPS) is 11.5. The molecule has 0 aliphatic rings. The van der Waals surface area contributed by atoms with Gasteiger partial charge in [0.05, 0.1) is 0 Å². The minimum atomic E-state index is 1.09. The van der Waals surface area contributed by atoms with Gasteiger partial charge < -0.3 is 4.90 Å². The molecule has 0 aliphatic carbocycles. The second kappa shape index (κ2) is 15.3. The topological polar surface area (TPSA) is 3.24 Å². The summed E-state index contributed by atoms with van der Waals surface area (Å²) in [5, 5.41) is 12.5. The molecule has 12 rings (SSSR count). The number of benzene rings is 12. The van der Waals surface area contributed by atoms with Crippen molar-refractivity contribution in [1.82, 2.24) is 0 Å². The molecule has 0 bridgehead atoms. The quantitative estimate of drug-likeness (QED) is 0.145. The highest BCUT2D eigenvalue weighted by atomic mass is 15.1. The second-order valence-electron chi connectivity index (χ2n) is 16.4. The summed E-state index contributed by atoms with van der Waals surface area (Å²) in [5.74, 6) is 0. The Morgan fingerprint density at radius 2 is 0.476 bits per heavy atom. The van der Waals surface area contributed by atoms with Crippen LogP contribution in [0.2, 0.25) is 0 Å². The standard InChI is InChI=1S/C62H41N/c1-3-18-43(19-4-1)59-55-27-13-9-23-51(55)53-25-11-15-29-57(53)61(59)45-32-36-48(37-33-45)63(50-40-31-42-17-7-8-22-47(42)41-50)49-38-34-46(35-39-49)62-58-30-16-12-26-54(58)52-24-10-14-28-56(52)60(62)44-20-5-2-6-21-44/h1-41H. The van der Waals surface area contributed by atoms with E-state index >= 15 is 0 Å². The van der Waals surface area contributed by atoms with Crippen LogP contribution in [0.3, 0.4) is 0 Å². The SMILES string of the molecule is c1ccc(-c2c(-c3ccc(N(c4ccc(-c5c(-c6ccccc6)c6ccccc6c6ccccc56)cc4)c4ccc5ccccc5c4)cc3)c3ccccc3c3ccccc23)cc1. The maximum atomic E-state index is 2.40. The highest BCUT2D eigenvalue weighted by Crippen LogP contribution is 2.48. The summed E-state index contributed by atoms with van der Waals surface area (Å²) >= 11 is 0. The van der Waals surface area contributed by atoms with Gasteiger partial charge in [0.15, 0.2) is 0 Å². The van der Waals surface area contributed by atoms with Crippen molar-refractivity contribution < 1.29 is 0 Å². The number of hydrogen-bond donors (Lipinski definition) is 0. The van der Waals surface area contributed by atoms with Gasteiger partial charge in [0.2, 0.25) is 0 Å². The van der Waals surface area contributed by atoms with Gasteiger partial charge in [-0.05, 0) is 135 Å². The summed E-state index contributed by atoms with van der Waals surface area (Å²) in [7, 11) is 0. The molecule has 0 unspecified atom stereocenters. The summed E-state index contributed by atoms with van der Waals surface area (Å²) in [4.78, 5) is 2.40. The van der Waals surface area contributed by atoms with E-state index in [0.717, 1.165) is 17.1 Å². The van der Waals surface area contributed by atoms with Crippen molar-refractivity contribution in [2.24, 2.45) is 0 Å². The summed E-state index contributed by atoms with van der Waals surface area (Å²) in [6.45, 7) is 0. The summed E-state index contributed by atoms with van der Waals surface area (Å²) in [6, 6.07) is 91.0. The fraction of sp³-hybridized carbons (Fsp3) is 0. The van der Waals surface area contributed by atoms with Crippen LogP contribution < -0.4 is 4.90 Å². The molecule has 0 aliphatic heterocycles. The van der Waals surface area contributed by atoms with Crippen LogP contribution in [-0.2, 0) is 0 Å². The highest BCUT2D eigenvalue weighted by molar-refractivity contribution is 6.23. The third kappa shape index (κ3) is 6.25. The number of nitrogens with zero attached hydrogens (tertiary/aromatic N) is 1. The van der Waals surface area contributed by atoms with E-state index in [1.165, 1.54) is 98.4 Å². The Morgan fingerprint density at radius 1 is 0.190 bits per heavy atom. The summed E-state index contributed by atoms with van der Waals surface area (Å²) in [5.41, 5.74) is 13.1. The van der Waals surface area contributed by atoms with Crippen molar-refractivity contribution >= 4 is 70.9 Å². The molecule has 0 atom stereocenters. The van der Waals surface area contributed by atoms with Crippen molar-refractivity contribution in [3.8, 4) is 44.5 Å². The van der Waals surface area contributed by atoms with E-state index in [0.29, 0.717) is 0 Å². The molecule has 0 amide bonds. The van der Waals surface area contributed by atoms with E-state index in [4.69, 9.17) is 0 Å². The Bertz CT molecular complexity index is 3440. The lowest BCUT2D eigenvalue weighted by atomic mass is 9.85. The molecule has 0 heterocycles. The van der Waals surface area contributed by atoms with E-state index in [2.05, 4.69) is 254 Å². The molecule has 1 heteroatoms. The van der Waals surface area contributed by atoms with Crippen LogP contribution in [-0.4, -0.2) is 0 Å². The molecule has 12 aromatic rings. The second-order valence-corrected chi connectivity index (χ2v) is 16.4. The number of rotatable bonds is 7. The zero-order chi connectivity index (χ0) is 41.7. The molecule has 294 valence electrons. The largest absolute Gasteiger partial charge is 0.310 e. The van der Waals surface area contributed by atoms with Gasteiger partial charge in [-0.1, -0.05) is 212 Å². The lowest BCUT2D eigenvalue weighted by Gasteiger charge is -2.27. The molecule has 0 saturated carbocycles. The van der Waals surface area contributed by atoms with Crippen LogP contribution >= 0.6 is 0 Å². The first-order valence-corrected chi connectivity index (χ1v) is 21.8. The Labute approximate surface area is 367 Å². The van der Waals surface area contributed by atoms with Crippen LogP contribution in [0, 0.1) is 0 Å². The van der Waals surface area contributed by atoms with E-state index in [-0.39, 0.29) is 0 Å². The van der Waals surface area contributed by atoms with Gasteiger partial charge in [-0.2, -0.15) is 0 Å². The molecule has 0 spiro atoms. The van der Waals surface area contributed by atoms with Crippen molar-refractivity contribution in [1.29, 1.82) is 0 Å². The van der Waals surface area contributed by atoms with Gasteiger partial charge in [-0.25, -0.2) is 0 Å². The monoisotopic (exact) mass is 799 g/mol. The van der Waals surface area contributed by atoms with Gasteiger partial charge in [0.25, 0.3) is 0 Å². The first-order valence-electron chi connectivity index (χ1n) is 21.8. The molecule has 1 nitrogen and oxygen atoms in total.